The molecule has 0 radical (unpaired) electrons. The summed E-state index contributed by atoms with van der Waals surface area (Å²) in [5.74, 6) is -1.59. The highest BCUT2D eigenvalue weighted by atomic mass is 16.6. The van der Waals surface area contributed by atoms with Crippen LogP contribution in [0, 0.1) is 5.92 Å². The predicted octanol–water partition coefficient (Wildman–Crippen LogP) is 1.20. The summed E-state index contributed by atoms with van der Waals surface area (Å²) in [6.07, 6.45) is 1.20. The van der Waals surface area contributed by atoms with E-state index < -0.39 is 47.1 Å². The Bertz CT molecular complexity index is 1360. The minimum absolute atomic E-state index is 0.0323. The van der Waals surface area contributed by atoms with Crippen molar-refractivity contribution in [3.05, 3.63) is 35.1 Å². The van der Waals surface area contributed by atoms with E-state index in [9.17, 15) is 29.4 Å². The monoisotopic (exact) mass is 599 g/mol. The fourth-order valence-electron chi connectivity index (χ4n) is 7.30. The van der Waals surface area contributed by atoms with Gasteiger partial charge in [0.1, 0.15) is 11.8 Å². The number of phenols is 1. The van der Waals surface area contributed by atoms with E-state index in [-0.39, 0.29) is 48.8 Å². The normalized spacial score (nSPS) is 28.1. The quantitative estimate of drug-likeness (QED) is 0.287. The third-order valence-electron chi connectivity index (χ3n) is 9.24. The molecule has 6 atom stereocenters. The van der Waals surface area contributed by atoms with E-state index in [2.05, 4.69) is 15.5 Å². The molecule has 0 saturated carbocycles. The number of aromatic hydroxyl groups is 1. The van der Waals surface area contributed by atoms with Crippen LogP contribution in [0.5, 0.6) is 11.5 Å². The molecule has 0 unspecified atom stereocenters. The number of aliphatic hydroxyl groups is 1. The Hall–Kier alpha value is -3.64. The number of likely N-dealkylation sites (N-methyl/N-ethyl adjacent to an activating group) is 1. The van der Waals surface area contributed by atoms with E-state index in [1.807, 2.05) is 27.0 Å². The number of rotatable bonds is 10. The molecule has 0 aromatic heterocycles. The van der Waals surface area contributed by atoms with Gasteiger partial charge in [-0.05, 0) is 63.4 Å². The standard InChI is InChI=1S/C31H41N3O9/c1-16(2)14-20(33-18(4)35)28(38)32-12-9-24(37)41-17(3)29(39)42-22-8-10-31(40)23-15-19-6-7-21(36)26-25(19)30(31,27(22)43-26)11-13-34(23)5/h6-8,16-17,20,23,27,36,40H,9-15H2,1-5H3,(H,32,38)(H,33,35)/t17-,20-,23+,27-,30-,31+/m0/s1. The Morgan fingerprint density at radius 1 is 1.21 bits per heavy atom. The maximum Gasteiger partial charge on any atom is 0.352 e. The van der Waals surface area contributed by atoms with Gasteiger partial charge in [0, 0.05) is 31.5 Å². The highest BCUT2D eigenvalue weighted by Crippen LogP contribution is 2.65. The van der Waals surface area contributed by atoms with E-state index in [0.29, 0.717) is 31.6 Å². The van der Waals surface area contributed by atoms with Crippen LogP contribution in [0.25, 0.3) is 0 Å². The number of likely N-dealkylation sites (tertiary alicyclic amines) is 1. The molecular weight excluding hydrogens is 558 g/mol. The highest BCUT2D eigenvalue weighted by Gasteiger charge is 2.72. The van der Waals surface area contributed by atoms with Crippen LogP contribution in [-0.4, -0.2) is 88.9 Å². The average molecular weight is 600 g/mol. The second-order valence-electron chi connectivity index (χ2n) is 12.6. The summed E-state index contributed by atoms with van der Waals surface area (Å²) in [6, 6.07) is 2.56. The smallest absolute Gasteiger partial charge is 0.352 e. The lowest BCUT2D eigenvalue weighted by molar-refractivity contribution is -0.175. The summed E-state index contributed by atoms with van der Waals surface area (Å²) in [5, 5.41) is 28.1. The van der Waals surface area contributed by atoms with Gasteiger partial charge in [0.25, 0.3) is 0 Å². The number of hydrogen-bond acceptors (Lipinski definition) is 10. The number of phenolic OH excluding ortho intramolecular Hbond substituents is 1. The summed E-state index contributed by atoms with van der Waals surface area (Å²) in [5.41, 5.74) is -0.324. The van der Waals surface area contributed by atoms with Gasteiger partial charge >= 0.3 is 11.9 Å². The topological polar surface area (TPSA) is 164 Å². The highest BCUT2D eigenvalue weighted by molar-refractivity contribution is 5.87. The van der Waals surface area contributed by atoms with Gasteiger partial charge in [-0.25, -0.2) is 4.79 Å². The minimum Gasteiger partial charge on any atom is -0.504 e. The van der Waals surface area contributed by atoms with Crippen LogP contribution in [0.2, 0.25) is 0 Å². The molecule has 1 aromatic carbocycles. The number of carbonyl (C=O) groups is 4. The number of amides is 2. The lowest BCUT2D eigenvalue weighted by atomic mass is 9.50. The van der Waals surface area contributed by atoms with Crippen molar-refractivity contribution in [2.45, 2.75) is 95.1 Å². The fourth-order valence-corrected chi connectivity index (χ4v) is 7.30. The van der Waals surface area contributed by atoms with Gasteiger partial charge in [0.15, 0.2) is 23.7 Å². The van der Waals surface area contributed by atoms with Crippen LogP contribution >= 0.6 is 0 Å². The molecule has 4 aliphatic rings. The number of esters is 2. The molecule has 1 fully saturated rings. The molecule has 12 heteroatoms. The lowest BCUT2D eigenvalue weighted by Crippen LogP contribution is -2.74. The SMILES string of the molecule is CC(=O)N[C@@H](CC(C)C)C(=O)NCCC(=O)O[C@@H](C)C(=O)OC1=CC[C@@]2(O)[C@H]3Cc4ccc(O)c5c4[C@@]2(CCN3C)[C@H]1O5. The summed E-state index contributed by atoms with van der Waals surface area (Å²) < 4.78 is 17.3. The minimum atomic E-state index is -1.25. The number of nitrogens with zero attached hydrogens (tertiary/aromatic N) is 1. The zero-order valence-corrected chi connectivity index (χ0v) is 25.3. The Morgan fingerprint density at radius 3 is 2.65 bits per heavy atom. The van der Waals surface area contributed by atoms with Crippen LogP contribution in [-0.2, 0) is 40.5 Å². The van der Waals surface area contributed by atoms with E-state index >= 15 is 0 Å². The zero-order chi connectivity index (χ0) is 31.3. The van der Waals surface area contributed by atoms with Gasteiger partial charge in [-0.3, -0.25) is 14.4 Å². The van der Waals surface area contributed by atoms with Gasteiger partial charge in [-0.2, -0.15) is 0 Å². The number of ether oxygens (including phenoxy) is 3. The number of carbonyl (C=O) groups excluding carboxylic acids is 4. The van der Waals surface area contributed by atoms with Crippen LogP contribution in [0.15, 0.2) is 24.0 Å². The Balaban J connectivity index is 1.22. The first-order valence-corrected chi connectivity index (χ1v) is 14.9. The summed E-state index contributed by atoms with van der Waals surface area (Å²) >= 11 is 0. The second-order valence-corrected chi connectivity index (χ2v) is 12.6. The van der Waals surface area contributed by atoms with Gasteiger partial charge in [-0.1, -0.05) is 19.9 Å². The molecular formula is C31H41N3O9. The van der Waals surface area contributed by atoms with Gasteiger partial charge in [0.2, 0.25) is 11.8 Å². The number of hydrogen-bond donors (Lipinski definition) is 4. The fraction of sp³-hybridized carbons (Fsp3) is 0.613. The van der Waals surface area contributed by atoms with Gasteiger partial charge in [0.05, 0.1) is 17.4 Å². The largest absolute Gasteiger partial charge is 0.504 e. The van der Waals surface area contributed by atoms with E-state index in [0.717, 1.165) is 11.1 Å². The molecule has 5 rings (SSSR count). The molecule has 43 heavy (non-hydrogen) atoms. The Morgan fingerprint density at radius 2 is 1.95 bits per heavy atom. The Labute approximate surface area is 250 Å². The lowest BCUT2D eigenvalue weighted by Gasteiger charge is -2.61. The van der Waals surface area contributed by atoms with Crippen LogP contribution in [0.3, 0.4) is 0 Å². The molecule has 1 aromatic rings. The van der Waals surface area contributed by atoms with Crippen molar-refractivity contribution in [3.8, 4) is 11.5 Å². The van der Waals surface area contributed by atoms with Gasteiger partial charge < -0.3 is 40.0 Å². The first-order valence-electron chi connectivity index (χ1n) is 14.9. The predicted molar refractivity (Wildman–Crippen MR) is 153 cm³/mol. The van der Waals surface area contributed by atoms with Crippen molar-refractivity contribution in [2.24, 2.45) is 5.92 Å². The van der Waals surface area contributed by atoms with Gasteiger partial charge in [-0.15, -0.1) is 0 Å². The van der Waals surface area contributed by atoms with E-state index in [1.165, 1.54) is 13.8 Å². The van der Waals surface area contributed by atoms with Crippen molar-refractivity contribution >= 4 is 23.8 Å². The summed E-state index contributed by atoms with van der Waals surface area (Å²) in [4.78, 5) is 51.7. The van der Waals surface area contributed by atoms with Crippen molar-refractivity contribution in [3.63, 3.8) is 0 Å². The molecule has 2 amide bonds. The molecule has 1 spiro atoms. The van der Waals surface area contributed by atoms with Crippen LogP contribution in [0.1, 0.15) is 64.5 Å². The first-order chi connectivity index (χ1) is 20.3. The van der Waals surface area contributed by atoms with Crippen molar-refractivity contribution < 1.29 is 43.6 Å². The summed E-state index contributed by atoms with van der Waals surface area (Å²) in [6.45, 7) is 7.25. The third-order valence-corrected chi connectivity index (χ3v) is 9.24. The summed E-state index contributed by atoms with van der Waals surface area (Å²) in [7, 11) is 1.99. The number of nitrogens with one attached hydrogen (secondary N) is 2. The molecule has 2 bridgehead atoms. The first kappa shape index (κ1) is 30.8. The van der Waals surface area contributed by atoms with Crippen molar-refractivity contribution in [1.29, 1.82) is 0 Å². The van der Waals surface area contributed by atoms with E-state index in [1.54, 1.807) is 12.1 Å². The maximum atomic E-state index is 13.1. The Kier molecular flexibility index (Phi) is 8.21. The van der Waals surface area contributed by atoms with Crippen LogP contribution in [0.4, 0.5) is 0 Å². The van der Waals surface area contributed by atoms with Crippen LogP contribution < -0.4 is 15.4 Å². The van der Waals surface area contributed by atoms with Crippen molar-refractivity contribution in [2.75, 3.05) is 20.1 Å². The molecule has 4 N–H and O–H groups in total. The maximum absolute atomic E-state index is 13.1. The molecule has 2 aliphatic heterocycles. The molecule has 12 nitrogen and oxygen atoms in total. The second kappa shape index (κ2) is 11.5. The average Bonchev–Trinajstić information content (AvgIpc) is 3.29. The molecule has 1 saturated heterocycles. The van der Waals surface area contributed by atoms with E-state index in [4.69, 9.17) is 14.2 Å². The zero-order valence-electron chi connectivity index (χ0n) is 25.3. The molecule has 2 aliphatic carbocycles. The number of piperidine rings is 1. The molecule has 234 valence electrons. The van der Waals surface area contributed by atoms with Crippen molar-refractivity contribution in [1.82, 2.24) is 15.5 Å². The molecule has 2 heterocycles. The number of benzene rings is 1. The third kappa shape index (κ3) is 5.24.